The highest BCUT2D eigenvalue weighted by molar-refractivity contribution is 5.85. The fourth-order valence-corrected chi connectivity index (χ4v) is 1.90. The van der Waals surface area contributed by atoms with Crippen molar-refractivity contribution in [2.24, 2.45) is 0 Å². The number of nitrogen functional groups attached to an aromatic ring is 1. The number of hydrogen-bond donors (Lipinski definition) is 4. The van der Waals surface area contributed by atoms with Crippen LogP contribution in [-0.4, -0.2) is 35.0 Å². The summed E-state index contributed by atoms with van der Waals surface area (Å²) in [6, 6.07) is 1.50. The first-order valence-corrected chi connectivity index (χ1v) is 6.11. The Balaban J connectivity index is 2.10. The summed E-state index contributed by atoms with van der Waals surface area (Å²) in [5.74, 6) is 1.42. The van der Waals surface area contributed by atoms with Crippen LogP contribution in [0.2, 0.25) is 0 Å². The number of nitrogens with two attached hydrogens (primary N) is 1. The number of piperidine rings is 1. The molecule has 7 nitrogen and oxygen atoms in total. The summed E-state index contributed by atoms with van der Waals surface area (Å²) in [5, 5.41) is 8.97. The molecule has 1 atom stereocenters. The van der Waals surface area contributed by atoms with Crippen molar-refractivity contribution in [2.45, 2.75) is 25.8 Å². The molecule has 1 aliphatic heterocycles. The van der Waals surface area contributed by atoms with Crippen LogP contribution in [0.3, 0.4) is 0 Å². The van der Waals surface area contributed by atoms with Crippen LogP contribution in [0.5, 0.6) is 0 Å². The molecule has 1 unspecified atom stereocenters. The van der Waals surface area contributed by atoms with Crippen molar-refractivity contribution in [1.29, 1.82) is 0 Å². The lowest BCUT2D eigenvalue weighted by atomic mass is 10.1. The molecule has 5 N–H and O–H groups in total. The van der Waals surface area contributed by atoms with E-state index in [1.54, 1.807) is 6.07 Å². The van der Waals surface area contributed by atoms with Crippen molar-refractivity contribution >= 4 is 23.5 Å². The van der Waals surface area contributed by atoms with Crippen molar-refractivity contribution in [2.75, 3.05) is 29.5 Å². The lowest BCUT2D eigenvalue weighted by Gasteiger charge is -2.23. The van der Waals surface area contributed by atoms with Crippen LogP contribution in [0.4, 0.5) is 17.6 Å². The van der Waals surface area contributed by atoms with Crippen molar-refractivity contribution in [3.63, 3.8) is 0 Å². The Hall–Kier alpha value is -2.05. The second-order valence-electron chi connectivity index (χ2n) is 4.16. The third-order valence-electron chi connectivity index (χ3n) is 2.71. The molecule has 1 aromatic rings. The SMILES string of the molecule is CCNc1cc(NC2CCCNC2=O)nc(N)n1. The van der Waals surface area contributed by atoms with E-state index in [4.69, 9.17) is 5.73 Å². The Bertz CT molecular complexity index is 436. The zero-order valence-corrected chi connectivity index (χ0v) is 10.4. The van der Waals surface area contributed by atoms with Crippen molar-refractivity contribution in [3.8, 4) is 0 Å². The molecule has 98 valence electrons. The highest BCUT2D eigenvalue weighted by Crippen LogP contribution is 2.15. The minimum absolute atomic E-state index is 0.00318. The molecular weight excluding hydrogens is 232 g/mol. The van der Waals surface area contributed by atoms with Crippen LogP contribution < -0.4 is 21.7 Å². The molecular formula is C11H18N6O. The predicted octanol–water partition coefficient (Wildman–Crippen LogP) is 0.181. The number of carbonyl (C=O) groups excluding carboxylic acids is 1. The van der Waals surface area contributed by atoms with Gasteiger partial charge in [-0.1, -0.05) is 0 Å². The first kappa shape index (κ1) is 12.4. The molecule has 0 bridgehead atoms. The third-order valence-corrected chi connectivity index (χ3v) is 2.71. The van der Waals surface area contributed by atoms with E-state index in [0.717, 1.165) is 25.9 Å². The van der Waals surface area contributed by atoms with E-state index in [9.17, 15) is 4.79 Å². The van der Waals surface area contributed by atoms with Gasteiger partial charge in [0.1, 0.15) is 17.7 Å². The lowest BCUT2D eigenvalue weighted by Crippen LogP contribution is -2.44. The number of carbonyl (C=O) groups is 1. The number of aromatic nitrogens is 2. The van der Waals surface area contributed by atoms with Gasteiger partial charge in [0.05, 0.1) is 0 Å². The average molecular weight is 250 g/mol. The fourth-order valence-electron chi connectivity index (χ4n) is 1.90. The number of amides is 1. The third kappa shape index (κ3) is 2.99. The molecule has 0 saturated carbocycles. The molecule has 0 aliphatic carbocycles. The predicted molar refractivity (Wildman–Crippen MR) is 70.3 cm³/mol. The van der Waals surface area contributed by atoms with Crippen molar-refractivity contribution in [3.05, 3.63) is 6.07 Å². The average Bonchev–Trinajstić information content (AvgIpc) is 2.32. The highest BCUT2D eigenvalue weighted by atomic mass is 16.2. The quantitative estimate of drug-likeness (QED) is 0.607. The molecule has 0 spiro atoms. The lowest BCUT2D eigenvalue weighted by molar-refractivity contribution is -0.123. The van der Waals surface area contributed by atoms with Gasteiger partial charge in [-0.15, -0.1) is 0 Å². The molecule has 7 heteroatoms. The van der Waals surface area contributed by atoms with Crippen LogP contribution in [-0.2, 0) is 4.79 Å². The van der Waals surface area contributed by atoms with Gasteiger partial charge >= 0.3 is 0 Å². The summed E-state index contributed by atoms with van der Waals surface area (Å²) in [5.41, 5.74) is 5.63. The Morgan fingerprint density at radius 1 is 1.50 bits per heavy atom. The van der Waals surface area contributed by atoms with Crippen LogP contribution in [0.15, 0.2) is 6.07 Å². The van der Waals surface area contributed by atoms with Gasteiger partial charge in [0, 0.05) is 19.2 Å². The van der Waals surface area contributed by atoms with Crippen molar-refractivity contribution < 1.29 is 4.79 Å². The van der Waals surface area contributed by atoms with Gasteiger partial charge in [0.15, 0.2) is 0 Å². The highest BCUT2D eigenvalue weighted by Gasteiger charge is 2.22. The molecule has 2 rings (SSSR count). The van der Waals surface area contributed by atoms with E-state index in [1.807, 2.05) is 6.92 Å². The maximum absolute atomic E-state index is 11.6. The monoisotopic (exact) mass is 250 g/mol. The molecule has 1 saturated heterocycles. The second kappa shape index (κ2) is 5.52. The second-order valence-corrected chi connectivity index (χ2v) is 4.16. The molecule has 0 aromatic carbocycles. The molecule has 2 heterocycles. The Labute approximate surface area is 106 Å². The Kier molecular flexibility index (Phi) is 3.81. The maximum Gasteiger partial charge on any atom is 0.242 e. The minimum Gasteiger partial charge on any atom is -0.370 e. The summed E-state index contributed by atoms with van der Waals surface area (Å²) in [6.45, 7) is 3.46. The van der Waals surface area contributed by atoms with E-state index in [1.165, 1.54) is 0 Å². The summed E-state index contributed by atoms with van der Waals surface area (Å²) in [7, 11) is 0. The minimum atomic E-state index is -0.248. The maximum atomic E-state index is 11.6. The van der Waals surface area contributed by atoms with Gasteiger partial charge in [-0.2, -0.15) is 9.97 Å². The Morgan fingerprint density at radius 3 is 3.00 bits per heavy atom. The summed E-state index contributed by atoms with van der Waals surface area (Å²) < 4.78 is 0. The van der Waals surface area contributed by atoms with Crippen LogP contribution in [0.1, 0.15) is 19.8 Å². The normalized spacial score (nSPS) is 19.2. The van der Waals surface area contributed by atoms with Crippen LogP contribution in [0, 0.1) is 0 Å². The number of anilines is 3. The zero-order valence-electron chi connectivity index (χ0n) is 10.4. The van der Waals surface area contributed by atoms with E-state index in [0.29, 0.717) is 11.6 Å². The summed E-state index contributed by atoms with van der Waals surface area (Å²) in [6.07, 6.45) is 1.76. The van der Waals surface area contributed by atoms with Gasteiger partial charge in [0.25, 0.3) is 0 Å². The Morgan fingerprint density at radius 2 is 2.28 bits per heavy atom. The molecule has 1 aromatic heterocycles. The standard InChI is InChI=1S/C11H18N6O/c1-2-13-8-6-9(17-11(12)16-8)15-7-4-3-5-14-10(7)18/h6-7H,2-5H2,1H3,(H,14,18)(H4,12,13,15,16,17). The number of rotatable bonds is 4. The van der Waals surface area contributed by atoms with Crippen LogP contribution in [0.25, 0.3) is 0 Å². The molecule has 1 amide bonds. The fraction of sp³-hybridized carbons (Fsp3) is 0.545. The zero-order chi connectivity index (χ0) is 13.0. The number of hydrogen-bond acceptors (Lipinski definition) is 6. The van der Waals surface area contributed by atoms with Gasteiger partial charge in [0.2, 0.25) is 11.9 Å². The van der Waals surface area contributed by atoms with Gasteiger partial charge in [-0.25, -0.2) is 0 Å². The first-order valence-electron chi connectivity index (χ1n) is 6.11. The molecule has 18 heavy (non-hydrogen) atoms. The van der Waals surface area contributed by atoms with Crippen molar-refractivity contribution in [1.82, 2.24) is 15.3 Å². The van der Waals surface area contributed by atoms with Gasteiger partial charge in [-0.3, -0.25) is 4.79 Å². The molecule has 1 fully saturated rings. The largest absolute Gasteiger partial charge is 0.370 e. The summed E-state index contributed by atoms with van der Waals surface area (Å²) >= 11 is 0. The van der Waals surface area contributed by atoms with Gasteiger partial charge in [-0.05, 0) is 19.8 Å². The topological polar surface area (TPSA) is 105 Å². The molecule has 1 aliphatic rings. The van der Waals surface area contributed by atoms with Crippen LogP contribution >= 0.6 is 0 Å². The number of nitrogens with one attached hydrogen (secondary N) is 3. The number of nitrogens with zero attached hydrogens (tertiary/aromatic N) is 2. The van der Waals surface area contributed by atoms with E-state index < -0.39 is 0 Å². The smallest absolute Gasteiger partial charge is 0.242 e. The molecule has 0 radical (unpaired) electrons. The summed E-state index contributed by atoms with van der Waals surface area (Å²) in [4.78, 5) is 19.8. The van der Waals surface area contributed by atoms with Gasteiger partial charge < -0.3 is 21.7 Å². The van der Waals surface area contributed by atoms with E-state index in [2.05, 4.69) is 25.9 Å². The van der Waals surface area contributed by atoms with E-state index in [-0.39, 0.29) is 17.9 Å². The van der Waals surface area contributed by atoms with E-state index >= 15 is 0 Å². The first-order chi connectivity index (χ1) is 8.69.